The van der Waals surface area contributed by atoms with Crippen LogP contribution < -0.4 is 16.8 Å². The number of nitrogens with two attached hydrogens (primary N) is 2. The standard InChI is InChI=1S/C23H24N6O2S/c24-18-8-5-16(20-2-1-13-32-20)14-19(18)27-21(30)15-3-6-17(7-4-15)23(22(25)28-29-26)9-11-31-12-10-23/h1-8,13-14H,9-12,24H2,(H,27,30)(H3,25,26,28). The number of thiophene rings is 1. The normalized spacial score (nSPS) is 15.8. The van der Waals surface area contributed by atoms with Crippen LogP contribution in [-0.2, 0) is 10.2 Å². The number of nitrogen functional groups attached to an aromatic ring is 1. The van der Waals surface area contributed by atoms with Crippen molar-refractivity contribution in [1.82, 2.24) is 0 Å². The van der Waals surface area contributed by atoms with Crippen LogP contribution in [0.2, 0.25) is 0 Å². The second kappa shape index (κ2) is 9.29. The van der Waals surface area contributed by atoms with Crippen molar-refractivity contribution in [3.8, 4) is 10.4 Å². The number of amidine groups is 1. The van der Waals surface area contributed by atoms with Gasteiger partial charge in [0.15, 0.2) is 0 Å². The first-order valence-corrected chi connectivity index (χ1v) is 11.0. The predicted molar refractivity (Wildman–Crippen MR) is 127 cm³/mol. The molecule has 0 radical (unpaired) electrons. The van der Waals surface area contributed by atoms with E-state index in [-0.39, 0.29) is 11.7 Å². The SMILES string of the molecule is N=N/N=C(\N)C1(c2ccc(C(=O)Nc3cc(-c4cccs4)ccc3N)cc2)CCOCC1. The lowest BCUT2D eigenvalue weighted by molar-refractivity contribution is 0.0704. The van der Waals surface area contributed by atoms with Gasteiger partial charge in [0.1, 0.15) is 5.84 Å². The second-order valence-electron chi connectivity index (χ2n) is 7.59. The van der Waals surface area contributed by atoms with Crippen LogP contribution in [0.1, 0.15) is 28.8 Å². The summed E-state index contributed by atoms with van der Waals surface area (Å²) in [5.74, 6) is 0.0292. The van der Waals surface area contributed by atoms with Crippen LogP contribution in [0.4, 0.5) is 11.4 Å². The molecule has 164 valence electrons. The number of carbonyl (C=O) groups is 1. The van der Waals surface area contributed by atoms with Gasteiger partial charge in [-0.05, 0) is 59.7 Å². The second-order valence-corrected chi connectivity index (χ2v) is 8.54. The van der Waals surface area contributed by atoms with Gasteiger partial charge in [0.05, 0.1) is 16.8 Å². The van der Waals surface area contributed by atoms with Crippen molar-refractivity contribution in [2.45, 2.75) is 18.3 Å². The molecule has 0 aliphatic carbocycles. The molecule has 1 aliphatic rings. The Hall–Kier alpha value is -3.56. The highest BCUT2D eigenvalue weighted by atomic mass is 32.1. The third-order valence-corrected chi connectivity index (χ3v) is 6.72. The summed E-state index contributed by atoms with van der Waals surface area (Å²) < 4.78 is 5.49. The number of rotatable bonds is 6. The van der Waals surface area contributed by atoms with E-state index in [0.29, 0.717) is 43.0 Å². The minimum absolute atomic E-state index is 0.254. The Morgan fingerprint density at radius 3 is 2.53 bits per heavy atom. The van der Waals surface area contributed by atoms with Gasteiger partial charge in [-0.2, -0.15) is 5.53 Å². The zero-order valence-corrected chi connectivity index (χ0v) is 18.2. The van der Waals surface area contributed by atoms with Crippen molar-refractivity contribution in [3.05, 3.63) is 71.1 Å². The van der Waals surface area contributed by atoms with Crippen LogP contribution >= 0.6 is 11.3 Å². The molecule has 1 aromatic heterocycles. The van der Waals surface area contributed by atoms with Crippen molar-refractivity contribution in [1.29, 1.82) is 5.53 Å². The number of amides is 1. The van der Waals surface area contributed by atoms with E-state index < -0.39 is 5.41 Å². The summed E-state index contributed by atoms with van der Waals surface area (Å²) in [5, 5.41) is 11.8. The maximum absolute atomic E-state index is 12.9. The third-order valence-electron chi connectivity index (χ3n) is 5.80. The van der Waals surface area contributed by atoms with Gasteiger partial charge in [-0.15, -0.1) is 16.4 Å². The van der Waals surface area contributed by atoms with Gasteiger partial charge < -0.3 is 21.5 Å². The lowest BCUT2D eigenvalue weighted by Gasteiger charge is -2.36. The topological polar surface area (TPSA) is 139 Å². The number of hydrogen-bond acceptors (Lipinski definition) is 6. The zero-order valence-electron chi connectivity index (χ0n) is 17.4. The van der Waals surface area contributed by atoms with Gasteiger partial charge >= 0.3 is 0 Å². The highest BCUT2D eigenvalue weighted by Gasteiger charge is 2.38. The summed E-state index contributed by atoms with van der Waals surface area (Å²) in [6.45, 7) is 1.08. The van der Waals surface area contributed by atoms with Crippen LogP contribution in [0.5, 0.6) is 0 Å². The molecular weight excluding hydrogens is 424 g/mol. The number of benzene rings is 2. The van der Waals surface area contributed by atoms with Crippen molar-refractivity contribution in [2.24, 2.45) is 16.1 Å². The average molecular weight is 449 g/mol. The molecule has 32 heavy (non-hydrogen) atoms. The lowest BCUT2D eigenvalue weighted by atomic mass is 9.73. The summed E-state index contributed by atoms with van der Waals surface area (Å²) >= 11 is 1.63. The molecule has 1 fully saturated rings. The van der Waals surface area contributed by atoms with E-state index >= 15 is 0 Å². The molecule has 9 heteroatoms. The fraction of sp³-hybridized carbons (Fsp3) is 0.217. The molecule has 6 N–H and O–H groups in total. The number of anilines is 2. The highest BCUT2D eigenvalue weighted by molar-refractivity contribution is 7.13. The molecule has 2 heterocycles. The monoisotopic (exact) mass is 448 g/mol. The highest BCUT2D eigenvalue weighted by Crippen LogP contribution is 2.36. The van der Waals surface area contributed by atoms with E-state index in [1.165, 1.54) is 0 Å². The first-order chi connectivity index (χ1) is 15.5. The number of nitrogens with zero attached hydrogens (tertiary/aromatic N) is 2. The van der Waals surface area contributed by atoms with Crippen molar-refractivity contribution in [2.75, 3.05) is 24.3 Å². The molecule has 1 aliphatic heterocycles. The van der Waals surface area contributed by atoms with Gasteiger partial charge in [-0.25, -0.2) is 0 Å². The minimum Gasteiger partial charge on any atom is -0.397 e. The van der Waals surface area contributed by atoms with Crippen LogP contribution in [0.25, 0.3) is 10.4 Å². The molecule has 0 bridgehead atoms. The molecule has 0 saturated carbocycles. The number of carbonyl (C=O) groups excluding carboxylic acids is 1. The fourth-order valence-corrected chi connectivity index (χ4v) is 4.68. The molecular formula is C23H24N6O2S. The lowest BCUT2D eigenvalue weighted by Crippen LogP contribution is -2.45. The van der Waals surface area contributed by atoms with E-state index in [2.05, 4.69) is 15.6 Å². The fourth-order valence-electron chi connectivity index (χ4n) is 3.96. The summed E-state index contributed by atoms with van der Waals surface area (Å²) in [6, 6.07) is 16.9. The Balaban J connectivity index is 1.57. The summed E-state index contributed by atoms with van der Waals surface area (Å²) in [6.07, 6.45) is 1.27. The third kappa shape index (κ3) is 4.25. The van der Waals surface area contributed by atoms with E-state index in [0.717, 1.165) is 16.0 Å². The maximum atomic E-state index is 12.9. The van der Waals surface area contributed by atoms with Gasteiger partial charge in [0.2, 0.25) is 0 Å². The Kier molecular flexibility index (Phi) is 6.29. The van der Waals surface area contributed by atoms with Crippen molar-refractivity contribution >= 4 is 34.5 Å². The smallest absolute Gasteiger partial charge is 0.255 e. The quantitative estimate of drug-likeness (QED) is 0.144. The Bertz CT molecular complexity index is 1140. The molecule has 2 aromatic carbocycles. The molecule has 3 aromatic rings. The van der Waals surface area contributed by atoms with E-state index in [1.54, 1.807) is 29.5 Å². The molecule has 1 amide bonds. The molecule has 8 nitrogen and oxygen atoms in total. The molecule has 1 saturated heterocycles. The van der Waals surface area contributed by atoms with Crippen LogP contribution in [0.3, 0.4) is 0 Å². The van der Waals surface area contributed by atoms with Gasteiger partial charge in [-0.1, -0.05) is 29.5 Å². The Morgan fingerprint density at radius 2 is 1.88 bits per heavy atom. The number of nitrogens with one attached hydrogen (secondary N) is 2. The molecule has 0 spiro atoms. The maximum Gasteiger partial charge on any atom is 0.255 e. The van der Waals surface area contributed by atoms with E-state index in [9.17, 15) is 4.79 Å². The van der Waals surface area contributed by atoms with Crippen molar-refractivity contribution in [3.63, 3.8) is 0 Å². The number of ether oxygens (including phenoxy) is 1. The largest absolute Gasteiger partial charge is 0.397 e. The Labute approximate surface area is 189 Å². The van der Waals surface area contributed by atoms with Crippen LogP contribution in [0, 0.1) is 5.53 Å². The summed E-state index contributed by atoms with van der Waals surface area (Å²) in [7, 11) is 0. The average Bonchev–Trinajstić information content (AvgIpc) is 3.36. The van der Waals surface area contributed by atoms with Crippen LogP contribution in [-0.4, -0.2) is 25.0 Å². The van der Waals surface area contributed by atoms with Gasteiger partial charge in [0.25, 0.3) is 5.91 Å². The first-order valence-electron chi connectivity index (χ1n) is 10.2. The van der Waals surface area contributed by atoms with Crippen molar-refractivity contribution < 1.29 is 9.53 Å². The predicted octanol–water partition coefficient (Wildman–Crippen LogP) is 4.60. The molecule has 0 unspecified atom stereocenters. The summed E-state index contributed by atoms with van der Waals surface area (Å²) in [5.41, 5.74) is 22.2. The van der Waals surface area contributed by atoms with E-state index in [4.69, 9.17) is 21.7 Å². The zero-order chi connectivity index (χ0) is 22.6. The Morgan fingerprint density at radius 1 is 1.12 bits per heavy atom. The molecule has 4 rings (SSSR count). The number of hydrogen-bond donors (Lipinski definition) is 4. The molecule has 0 atom stereocenters. The first kappa shape index (κ1) is 21.7. The summed E-state index contributed by atoms with van der Waals surface area (Å²) in [4.78, 5) is 14.0. The van der Waals surface area contributed by atoms with E-state index in [1.807, 2.05) is 41.8 Å². The van der Waals surface area contributed by atoms with Gasteiger partial charge in [0, 0.05) is 23.7 Å². The van der Waals surface area contributed by atoms with Gasteiger partial charge in [-0.3, -0.25) is 4.79 Å². The van der Waals surface area contributed by atoms with Crippen LogP contribution in [0.15, 0.2) is 70.3 Å². The minimum atomic E-state index is -0.558.